The molecule has 2 aliphatic rings. The average molecular weight is 670 g/mol. The lowest BCUT2D eigenvalue weighted by Crippen LogP contribution is -2.43. The second-order valence-corrected chi connectivity index (χ2v) is 12.8. The summed E-state index contributed by atoms with van der Waals surface area (Å²) >= 11 is 0. The Balaban J connectivity index is 1.01. The Bertz CT molecular complexity index is 1750. The number of carbonyl (C=O) groups excluding carboxylic acids is 4. The minimum atomic E-state index is -0.537. The van der Waals surface area contributed by atoms with Gasteiger partial charge in [-0.3, -0.25) is 24.2 Å². The first-order valence-electron chi connectivity index (χ1n) is 17.5. The monoisotopic (exact) mass is 669 g/mol. The number of likely N-dealkylation sites (tertiary alicyclic amines) is 2. The molecule has 9 heteroatoms. The molecule has 6 rings (SSSR count). The van der Waals surface area contributed by atoms with E-state index >= 15 is 0 Å². The molecule has 3 aromatic carbocycles. The Labute approximate surface area is 293 Å². The van der Waals surface area contributed by atoms with E-state index in [2.05, 4.69) is 22.5 Å². The maximum Gasteiger partial charge on any atom is 0.273 e. The molecule has 2 atom stereocenters. The van der Waals surface area contributed by atoms with E-state index in [1.54, 1.807) is 22.1 Å². The molecule has 9 nitrogen and oxygen atoms in total. The summed E-state index contributed by atoms with van der Waals surface area (Å²) in [6.07, 6.45) is 10.1. The van der Waals surface area contributed by atoms with Crippen LogP contribution in [0.5, 0.6) is 0 Å². The fourth-order valence-corrected chi connectivity index (χ4v) is 6.61. The Morgan fingerprint density at radius 1 is 0.680 bits per heavy atom. The number of aromatic nitrogens is 1. The van der Waals surface area contributed by atoms with E-state index < -0.39 is 12.1 Å². The summed E-state index contributed by atoms with van der Waals surface area (Å²) in [5, 5.41) is 5.96. The SMILES string of the molecule is CCc1cccc(C(=O)N2CCC[C@H]2C(=O)Nc2ccc(/C=C/c3ccc(NC(=O)[C@@H]4CCCN4C(=O)c4cc(CC)ccn4)cc3)cc2)c1. The molecule has 4 aromatic rings. The van der Waals surface area contributed by atoms with Crippen molar-refractivity contribution < 1.29 is 19.2 Å². The van der Waals surface area contributed by atoms with Crippen molar-refractivity contribution in [1.82, 2.24) is 14.8 Å². The zero-order valence-corrected chi connectivity index (χ0v) is 28.6. The zero-order valence-electron chi connectivity index (χ0n) is 28.6. The number of nitrogens with one attached hydrogen (secondary N) is 2. The van der Waals surface area contributed by atoms with Crippen LogP contribution >= 0.6 is 0 Å². The van der Waals surface area contributed by atoms with Gasteiger partial charge < -0.3 is 20.4 Å². The summed E-state index contributed by atoms with van der Waals surface area (Å²) in [4.78, 5) is 60.4. The Morgan fingerprint density at radius 2 is 1.20 bits per heavy atom. The third-order valence-electron chi connectivity index (χ3n) is 9.49. The van der Waals surface area contributed by atoms with Crippen molar-refractivity contribution in [1.29, 1.82) is 0 Å². The van der Waals surface area contributed by atoms with Crippen LogP contribution in [0.3, 0.4) is 0 Å². The van der Waals surface area contributed by atoms with Gasteiger partial charge in [-0.15, -0.1) is 0 Å². The van der Waals surface area contributed by atoms with E-state index in [9.17, 15) is 19.2 Å². The van der Waals surface area contributed by atoms with Gasteiger partial charge in [-0.2, -0.15) is 0 Å². The summed E-state index contributed by atoms with van der Waals surface area (Å²) < 4.78 is 0. The van der Waals surface area contributed by atoms with Crippen molar-refractivity contribution in [2.24, 2.45) is 0 Å². The molecule has 0 saturated carbocycles. The molecule has 0 radical (unpaired) electrons. The fourth-order valence-electron chi connectivity index (χ4n) is 6.61. The Kier molecular flexibility index (Phi) is 10.8. The largest absolute Gasteiger partial charge is 0.327 e. The molecule has 1 aromatic heterocycles. The van der Waals surface area contributed by atoms with Crippen LogP contribution in [0.1, 0.15) is 82.6 Å². The highest BCUT2D eigenvalue weighted by Gasteiger charge is 2.36. The van der Waals surface area contributed by atoms with Crippen LogP contribution in [0.4, 0.5) is 11.4 Å². The summed E-state index contributed by atoms with van der Waals surface area (Å²) in [5.74, 6) is -0.696. The number of hydrogen-bond donors (Lipinski definition) is 2. The highest BCUT2D eigenvalue weighted by molar-refractivity contribution is 6.02. The summed E-state index contributed by atoms with van der Waals surface area (Å²) in [6.45, 7) is 5.18. The molecule has 3 heterocycles. The topological polar surface area (TPSA) is 112 Å². The summed E-state index contributed by atoms with van der Waals surface area (Å²) in [7, 11) is 0. The second kappa shape index (κ2) is 15.8. The lowest BCUT2D eigenvalue weighted by atomic mass is 10.1. The van der Waals surface area contributed by atoms with Gasteiger partial charge in [0, 0.05) is 36.2 Å². The van der Waals surface area contributed by atoms with Crippen LogP contribution in [-0.4, -0.2) is 63.6 Å². The van der Waals surface area contributed by atoms with Crippen molar-refractivity contribution in [2.45, 2.75) is 64.5 Å². The maximum absolute atomic E-state index is 13.2. The number of hydrogen-bond acceptors (Lipinski definition) is 5. The first kappa shape index (κ1) is 34.3. The van der Waals surface area contributed by atoms with Crippen molar-refractivity contribution in [3.05, 3.63) is 125 Å². The van der Waals surface area contributed by atoms with Gasteiger partial charge in [0.1, 0.15) is 17.8 Å². The third kappa shape index (κ3) is 8.00. The van der Waals surface area contributed by atoms with Gasteiger partial charge in [0.2, 0.25) is 11.8 Å². The molecule has 2 saturated heterocycles. The van der Waals surface area contributed by atoms with Gasteiger partial charge in [-0.1, -0.05) is 62.4 Å². The van der Waals surface area contributed by atoms with Gasteiger partial charge in [-0.25, -0.2) is 0 Å². The van der Waals surface area contributed by atoms with Crippen LogP contribution in [0, 0.1) is 0 Å². The standard InChI is InChI=1S/C41H43N5O4/c1-3-28-8-5-9-32(26-28)40(49)45-24-6-10-36(45)38(47)43-33-18-14-30(15-19-33)12-13-31-16-20-34(21-17-31)44-39(48)37-11-7-25-46(37)41(50)35-27-29(4-2)22-23-42-35/h5,8-9,12-23,26-27,36-37H,3-4,6-7,10-11,24-25H2,1-2H3,(H,43,47)(H,44,48)/b13-12+/t36-,37-/m0/s1. The predicted octanol–water partition coefficient (Wildman–Crippen LogP) is 6.86. The van der Waals surface area contributed by atoms with Gasteiger partial charge >= 0.3 is 0 Å². The predicted molar refractivity (Wildman–Crippen MR) is 197 cm³/mol. The van der Waals surface area contributed by atoms with Gasteiger partial charge in [-0.05, 0) is 109 Å². The molecular weight excluding hydrogens is 626 g/mol. The van der Waals surface area contributed by atoms with Gasteiger partial charge in [0.05, 0.1) is 0 Å². The molecule has 256 valence electrons. The van der Waals surface area contributed by atoms with E-state index in [0.29, 0.717) is 48.6 Å². The lowest BCUT2D eigenvalue weighted by Gasteiger charge is -2.24. The number of nitrogens with zero attached hydrogens (tertiary/aromatic N) is 3. The number of carbonyl (C=O) groups is 4. The highest BCUT2D eigenvalue weighted by atomic mass is 16.2. The molecule has 0 aliphatic carbocycles. The number of rotatable bonds is 10. The molecule has 2 aliphatic heterocycles. The first-order valence-corrected chi connectivity index (χ1v) is 17.5. The third-order valence-corrected chi connectivity index (χ3v) is 9.49. The Morgan fingerprint density at radius 3 is 1.74 bits per heavy atom. The van der Waals surface area contributed by atoms with E-state index in [-0.39, 0.29) is 23.6 Å². The van der Waals surface area contributed by atoms with Crippen molar-refractivity contribution in [3.63, 3.8) is 0 Å². The molecule has 0 unspecified atom stereocenters. The number of benzene rings is 3. The van der Waals surface area contributed by atoms with E-state index in [1.807, 2.05) is 97.9 Å². The molecule has 50 heavy (non-hydrogen) atoms. The van der Waals surface area contributed by atoms with Crippen molar-refractivity contribution >= 4 is 47.2 Å². The molecule has 0 bridgehead atoms. The Hall–Kier alpha value is -5.57. The smallest absolute Gasteiger partial charge is 0.273 e. The second-order valence-electron chi connectivity index (χ2n) is 12.8. The maximum atomic E-state index is 13.2. The number of pyridine rings is 1. The van der Waals surface area contributed by atoms with Crippen LogP contribution in [0.15, 0.2) is 91.1 Å². The van der Waals surface area contributed by atoms with Crippen molar-refractivity contribution in [3.8, 4) is 0 Å². The number of anilines is 2. The van der Waals surface area contributed by atoms with E-state index in [1.165, 1.54) is 0 Å². The summed E-state index contributed by atoms with van der Waals surface area (Å²) in [6, 6.07) is 25.4. The van der Waals surface area contributed by atoms with Crippen LogP contribution in [-0.2, 0) is 22.4 Å². The quantitative estimate of drug-likeness (QED) is 0.179. The van der Waals surface area contributed by atoms with E-state index in [4.69, 9.17) is 0 Å². The van der Waals surface area contributed by atoms with Gasteiger partial charge in [0.15, 0.2) is 0 Å². The van der Waals surface area contributed by atoms with Crippen LogP contribution in [0.2, 0.25) is 0 Å². The van der Waals surface area contributed by atoms with Crippen LogP contribution < -0.4 is 10.6 Å². The molecule has 0 spiro atoms. The molecule has 4 amide bonds. The van der Waals surface area contributed by atoms with Gasteiger partial charge in [0.25, 0.3) is 11.8 Å². The van der Waals surface area contributed by atoms with Crippen LogP contribution in [0.25, 0.3) is 12.2 Å². The minimum absolute atomic E-state index is 0.104. The first-order chi connectivity index (χ1) is 24.3. The molecular formula is C41H43N5O4. The zero-order chi connectivity index (χ0) is 35.0. The normalized spacial score (nSPS) is 17.2. The molecule has 2 N–H and O–H groups in total. The van der Waals surface area contributed by atoms with E-state index in [0.717, 1.165) is 47.9 Å². The number of aryl methyl sites for hydroxylation is 2. The summed E-state index contributed by atoms with van der Waals surface area (Å²) in [5.41, 5.74) is 6.37. The lowest BCUT2D eigenvalue weighted by molar-refractivity contribution is -0.120. The average Bonchev–Trinajstić information content (AvgIpc) is 3.86. The highest BCUT2D eigenvalue weighted by Crippen LogP contribution is 2.24. The molecule has 2 fully saturated rings. The number of amides is 4. The minimum Gasteiger partial charge on any atom is -0.327 e. The fraction of sp³-hybridized carbons (Fsp3) is 0.293. The van der Waals surface area contributed by atoms with Crippen molar-refractivity contribution in [2.75, 3.05) is 23.7 Å².